The van der Waals surface area contributed by atoms with Crippen molar-refractivity contribution in [2.24, 2.45) is 0 Å². The Morgan fingerprint density at radius 1 is 1.50 bits per heavy atom. The van der Waals surface area contributed by atoms with Crippen LogP contribution in [-0.4, -0.2) is 18.0 Å². The molecule has 0 radical (unpaired) electrons. The summed E-state index contributed by atoms with van der Waals surface area (Å²) in [5, 5.41) is 0.854. The van der Waals surface area contributed by atoms with Gasteiger partial charge < -0.3 is 0 Å². The van der Waals surface area contributed by atoms with Gasteiger partial charge in [-0.1, -0.05) is 33.6 Å². The number of benzene rings is 1. The number of rotatable bonds is 3. The Morgan fingerprint density at radius 3 is 2.79 bits per heavy atom. The predicted octanol–water partition coefficient (Wildman–Crippen LogP) is 3.70. The van der Waals surface area contributed by atoms with E-state index in [1.807, 2.05) is 12.1 Å². The van der Waals surface area contributed by atoms with Gasteiger partial charge >= 0.3 is 0 Å². The predicted molar refractivity (Wildman–Crippen MR) is 63.6 cm³/mol. The van der Waals surface area contributed by atoms with Crippen molar-refractivity contribution in [3.63, 3.8) is 0 Å². The average molecular weight is 275 g/mol. The van der Waals surface area contributed by atoms with E-state index in [2.05, 4.69) is 33.9 Å². The Kier molecular flexibility index (Phi) is 3.15. The first-order valence-corrected chi connectivity index (χ1v) is 5.98. The molecule has 3 heteroatoms. The molecule has 1 aliphatic carbocycles. The summed E-state index contributed by atoms with van der Waals surface area (Å²) in [5.74, 6) is 0. The summed E-state index contributed by atoms with van der Waals surface area (Å²) in [7, 11) is 2.16. The highest BCUT2D eigenvalue weighted by molar-refractivity contribution is 9.10. The first kappa shape index (κ1) is 10.5. The third-order valence-corrected chi connectivity index (χ3v) is 3.45. The number of hydrogen-bond donors (Lipinski definition) is 0. The summed E-state index contributed by atoms with van der Waals surface area (Å²) in [5.41, 5.74) is 1.21. The van der Waals surface area contributed by atoms with Gasteiger partial charge in [-0.25, -0.2) is 0 Å². The van der Waals surface area contributed by atoms with E-state index in [1.165, 1.54) is 18.4 Å². The second-order valence-electron chi connectivity index (χ2n) is 3.88. The molecule has 1 saturated carbocycles. The molecule has 0 aliphatic heterocycles. The van der Waals surface area contributed by atoms with Gasteiger partial charge in [-0.3, -0.25) is 4.90 Å². The van der Waals surface area contributed by atoms with Crippen molar-refractivity contribution in [3.8, 4) is 0 Å². The molecule has 0 heterocycles. The Bertz CT molecular complexity index is 336. The van der Waals surface area contributed by atoms with Gasteiger partial charge in [0.1, 0.15) is 0 Å². The third-order valence-electron chi connectivity index (χ3n) is 2.61. The minimum atomic E-state index is 0.787. The molecule has 0 aromatic heterocycles. The zero-order valence-electron chi connectivity index (χ0n) is 8.13. The minimum Gasteiger partial charge on any atom is -0.299 e. The van der Waals surface area contributed by atoms with Crippen LogP contribution >= 0.6 is 27.5 Å². The van der Waals surface area contributed by atoms with E-state index in [0.717, 1.165) is 22.1 Å². The molecule has 0 bridgehead atoms. The number of halogens is 2. The van der Waals surface area contributed by atoms with E-state index in [4.69, 9.17) is 11.6 Å². The lowest BCUT2D eigenvalue weighted by Crippen LogP contribution is -2.20. The molecule has 1 aromatic carbocycles. The molecule has 0 atom stereocenters. The molecule has 0 amide bonds. The summed E-state index contributed by atoms with van der Waals surface area (Å²) >= 11 is 9.55. The van der Waals surface area contributed by atoms with Crippen LogP contribution in [-0.2, 0) is 6.54 Å². The van der Waals surface area contributed by atoms with Gasteiger partial charge in [0.25, 0.3) is 0 Å². The Balaban J connectivity index is 2.07. The van der Waals surface area contributed by atoms with Gasteiger partial charge in [0.15, 0.2) is 0 Å². The van der Waals surface area contributed by atoms with Crippen LogP contribution in [0.25, 0.3) is 0 Å². The van der Waals surface area contributed by atoms with E-state index in [0.29, 0.717) is 0 Å². The maximum atomic E-state index is 6.14. The van der Waals surface area contributed by atoms with Crippen LogP contribution < -0.4 is 0 Å². The molecule has 14 heavy (non-hydrogen) atoms. The lowest BCUT2D eigenvalue weighted by Gasteiger charge is -2.16. The van der Waals surface area contributed by atoms with Gasteiger partial charge in [-0.15, -0.1) is 0 Å². The topological polar surface area (TPSA) is 3.24 Å². The summed E-state index contributed by atoms with van der Waals surface area (Å²) in [6, 6.07) is 6.87. The van der Waals surface area contributed by atoms with E-state index in [9.17, 15) is 0 Å². The van der Waals surface area contributed by atoms with E-state index >= 15 is 0 Å². The standard InChI is InChI=1S/C11H13BrClN/c1-14(10-4-5-10)7-8-2-3-9(12)6-11(8)13/h2-3,6,10H,4-5,7H2,1H3. The largest absolute Gasteiger partial charge is 0.299 e. The second-order valence-corrected chi connectivity index (χ2v) is 5.20. The van der Waals surface area contributed by atoms with Crippen LogP contribution in [0.4, 0.5) is 0 Å². The van der Waals surface area contributed by atoms with Crippen LogP contribution in [0.1, 0.15) is 18.4 Å². The maximum Gasteiger partial charge on any atom is 0.0462 e. The van der Waals surface area contributed by atoms with Gasteiger partial charge in [-0.2, -0.15) is 0 Å². The van der Waals surface area contributed by atoms with Crippen molar-refractivity contribution in [1.82, 2.24) is 4.90 Å². The van der Waals surface area contributed by atoms with Gasteiger partial charge in [0, 0.05) is 22.1 Å². The first-order valence-electron chi connectivity index (χ1n) is 4.81. The molecule has 1 fully saturated rings. The fraction of sp³-hybridized carbons (Fsp3) is 0.455. The fourth-order valence-corrected chi connectivity index (χ4v) is 2.30. The summed E-state index contributed by atoms with van der Waals surface area (Å²) in [4.78, 5) is 2.37. The van der Waals surface area contributed by atoms with Crippen molar-refractivity contribution in [2.75, 3.05) is 7.05 Å². The SMILES string of the molecule is CN(Cc1ccc(Br)cc1Cl)C1CC1. The highest BCUT2D eigenvalue weighted by Crippen LogP contribution is 2.29. The summed E-state index contributed by atoms with van der Waals surface area (Å²) < 4.78 is 1.04. The maximum absolute atomic E-state index is 6.14. The molecule has 1 aromatic rings. The second kappa shape index (κ2) is 4.21. The molecular weight excluding hydrogens is 261 g/mol. The van der Waals surface area contributed by atoms with Crippen LogP contribution in [0.15, 0.2) is 22.7 Å². The monoisotopic (exact) mass is 273 g/mol. The summed E-state index contributed by atoms with van der Waals surface area (Å²) in [6.07, 6.45) is 2.68. The molecule has 76 valence electrons. The van der Waals surface area contributed by atoms with Crippen LogP contribution in [0.3, 0.4) is 0 Å². The van der Waals surface area contributed by atoms with Crippen molar-refractivity contribution < 1.29 is 0 Å². The average Bonchev–Trinajstić information content (AvgIpc) is 2.92. The molecule has 0 N–H and O–H groups in total. The highest BCUT2D eigenvalue weighted by Gasteiger charge is 2.26. The molecule has 2 rings (SSSR count). The first-order chi connectivity index (χ1) is 6.66. The minimum absolute atomic E-state index is 0.787. The molecule has 1 nitrogen and oxygen atoms in total. The molecule has 1 aliphatic rings. The van der Waals surface area contributed by atoms with E-state index in [-0.39, 0.29) is 0 Å². The Hall–Kier alpha value is -0.0500. The molecular formula is C11H13BrClN. The molecule has 0 spiro atoms. The van der Waals surface area contributed by atoms with Gasteiger partial charge in [0.2, 0.25) is 0 Å². The Labute approximate surface area is 98.2 Å². The van der Waals surface area contributed by atoms with Crippen LogP contribution in [0.5, 0.6) is 0 Å². The lowest BCUT2D eigenvalue weighted by atomic mass is 10.2. The normalized spacial score (nSPS) is 16.3. The van der Waals surface area contributed by atoms with Crippen molar-refractivity contribution >= 4 is 27.5 Å². The Morgan fingerprint density at radius 2 is 2.21 bits per heavy atom. The third kappa shape index (κ3) is 2.50. The smallest absolute Gasteiger partial charge is 0.0462 e. The molecule has 0 unspecified atom stereocenters. The van der Waals surface area contributed by atoms with Crippen LogP contribution in [0, 0.1) is 0 Å². The van der Waals surface area contributed by atoms with Gasteiger partial charge in [-0.05, 0) is 37.6 Å². The lowest BCUT2D eigenvalue weighted by molar-refractivity contribution is 0.316. The zero-order valence-corrected chi connectivity index (χ0v) is 10.5. The van der Waals surface area contributed by atoms with Crippen molar-refractivity contribution in [1.29, 1.82) is 0 Å². The van der Waals surface area contributed by atoms with Gasteiger partial charge in [0.05, 0.1) is 0 Å². The number of hydrogen-bond acceptors (Lipinski definition) is 1. The van der Waals surface area contributed by atoms with Crippen molar-refractivity contribution in [3.05, 3.63) is 33.3 Å². The van der Waals surface area contributed by atoms with Crippen LogP contribution in [0.2, 0.25) is 5.02 Å². The highest BCUT2D eigenvalue weighted by atomic mass is 79.9. The van der Waals surface area contributed by atoms with E-state index in [1.54, 1.807) is 0 Å². The van der Waals surface area contributed by atoms with E-state index < -0.39 is 0 Å². The zero-order chi connectivity index (χ0) is 10.1. The fourth-order valence-electron chi connectivity index (χ4n) is 1.56. The quantitative estimate of drug-likeness (QED) is 0.812. The number of nitrogens with zero attached hydrogens (tertiary/aromatic N) is 1. The summed E-state index contributed by atoms with van der Waals surface area (Å²) in [6.45, 7) is 0.955. The molecule has 0 saturated heterocycles. The van der Waals surface area contributed by atoms with Crippen molar-refractivity contribution in [2.45, 2.75) is 25.4 Å².